The molecule has 0 heterocycles. The van der Waals surface area contributed by atoms with Gasteiger partial charge in [0.25, 0.3) is 0 Å². The van der Waals surface area contributed by atoms with Crippen molar-refractivity contribution in [1.82, 2.24) is 0 Å². The van der Waals surface area contributed by atoms with Crippen molar-refractivity contribution in [3.8, 4) is 0 Å². The van der Waals surface area contributed by atoms with Crippen LogP contribution < -0.4 is 5.73 Å². The maximum absolute atomic E-state index is 5.92. The molecule has 0 bridgehead atoms. The second kappa shape index (κ2) is 4.95. The Labute approximate surface area is 99.5 Å². The number of allylic oxidation sites excluding steroid dienone is 1. The third kappa shape index (κ3) is 3.18. The zero-order chi connectivity index (χ0) is 10.7. The third-order valence-corrected chi connectivity index (χ3v) is 3.30. The molecule has 2 N–H and O–H groups in total. The average molecular weight is 266 g/mol. The predicted molar refractivity (Wildman–Crippen MR) is 67.8 cm³/mol. The number of nitrogens with two attached hydrogens (primary N) is 1. The molecule has 1 atom stereocenters. The van der Waals surface area contributed by atoms with Crippen LogP contribution in [0.3, 0.4) is 0 Å². The van der Waals surface area contributed by atoms with Crippen molar-refractivity contribution >= 4 is 15.9 Å². The van der Waals surface area contributed by atoms with Crippen LogP contribution in [0.15, 0.2) is 40.4 Å². The van der Waals surface area contributed by atoms with Crippen LogP contribution in [-0.4, -0.2) is 6.04 Å². The van der Waals surface area contributed by atoms with Crippen molar-refractivity contribution < 1.29 is 0 Å². The fourth-order valence-corrected chi connectivity index (χ4v) is 2.54. The minimum atomic E-state index is 0.279. The maximum atomic E-state index is 5.92. The zero-order valence-corrected chi connectivity index (χ0v) is 10.3. The van der Waals surface area contributed by atoms with Crippen LogP contribution in [0, 0.1) is 0 Å². The molecule has 0 radical (unpaired) electrons. The van der Waals surface area contributed by atoms with Crippen molar-refractivity contribution in [3.63, 3.8) is 0 Å². The van der Waals surface area contributed by atoms with Gasteiger partial charge >= 0.3 is 0 Å². The van der Waals surface area contributed by atoms with Crippen LogP contribution >= 0.6 is 15.9 Å². The van der Waals surface area contributed by atoms with Crippen molar-refractivity contribution in [3.05, 3.63) is 46.0 Å². The molecule has 0 amide bonds. The summed E-state index contributed by atoms with van der Waals surface area (Å²) in [6.07, 6.45) is 6.88. The normalized spacial score (nSPS) is 21.2. The van der Waals surface area contributed by atoms with Gasteiger partial charge in [-0.1, -0.05) is 39.7 Å². The van der Waals surface area contributed by atoms with E-state index < -0.39 is 0 Å². The minimum Gasteiger partial charge on any atom is -0.324 e. The number of halogens is 1. The Bertz CT molecular complexity index is 371. The SMILES string of the molecule is NC1C=C(Cc2cccc(Br)c2)CCC1. The first-order chi connectivity index (χ1) is 7.24. The molecule has 0 saturated heterocycles. The summed E-state index contributed by atoms with van der Waals surface area (Å²) in [5.41, 5.74) is 8.78. The van der Waals surface area contributed by atoms with Gasteiger partial charge in [-0.2, -0.15) is 0 Å². The molecule has 1 nitrogen and oxygen atoms in total. The predicted octanol–water partition coefficient (Wildman–Crippen LogP) is 3.43. The molecule has 1 aromatic rings. The van der Waals surface area contributed by atoms with Gasteiger partial charge in [0.2, 0.25) is 0 Å². The fraction of sp³-hybridized carbons (Fsp3) is 0.385. The molecule has 80 valence electrons. The Kier molecular flexibility index (Phi) is 3.60. The van der Waals surface area contributed by atoms with E-state index in [0.717, 1.165) is 17.3 Å². The topological polar surface area (TPSA) is 26.0 Å². The molecule has 0 aromatic heterocycles. The quantitative estimate of drug-likeness (QED) is 0.815. The van der Waals surface area contributed by atoms with Crippen LogP contribution in [0.1, 0.15) is 24.8 Å². The highest BCUT2D eigenvalue weighted by Gasteiger charge is 2.09. The lowest BCUT2D eigenvalue weighted by Crippen LogP contribution is -2.20. The van der Waals surface area contributed by atoms with E-state index in [4.69, 9.17) is 5.73 Å². The van der Waals surface area contributed by atoms with Gasteiger partial charge in [0, 0.05) is 10.5 Å². The van der Waals surface area contributed by atoms with Crippen molar-refractivity contribution in [2.45, 2.75) is 31.7 Å². The van der Waals surface area contributed by atoms with Crippen LogP contribution in [-0.2, 0) is 6.42 Å². The Balaban J connectivity index is 2.08. The molecule has 0 aliphatic heterocycles. The summed E-state index contributed by atoms with van der Waals surface area (Å²) in [6.45, 7) is 0. The molecule has 2 heteroatoms. The van der Waals surface area contributed by atoms with Crippen LogP contribution in [0.2, 0.25) is 0 Å². The molecule has 0 fully saturated rings. The Morgan fingerprint density at radius 2 is 2.27 bits per heavy atom. The summed E-state index contributed by atoms with van der Waals surface area (Å²) < 4.78 is 1.15. The Morgan fingerprint density at radius 1 is 1.40 bits per heavy atom. The van der Waals surface area contributed by atoms with Gasteiger partial charge in [-0.15, -0.1) is 0 Å². The Morgan fingerprint density at radius 3 is 3.00 bits per heavy atom. The van der Waals surface area contributed by atoms with E-state index in [1.54, 1.807) is 0 Å². The highest BCUT2D eigenvalue weighted by molar-refractivity contribution is 9.10. The highest BCUT2D eigenvalue weighted by Crippen LogP contribution is 2.22. The van der Waals surface area contributed by atoms with Crippen LogP contribution in [0.4, 0.5) is 0 Å². The largest absolute Gasteiger partial charge is 0.324 e. The van der Waals surface area contributed by atoms with E-state index in [1.807, 2.05) is 0 Å². The molecule has 2 rings (SSSR count). The van der Waals surface area contributed by atoms with Crippen molar-refractivity contribution in [1.29, 1.82) is 0 Å². The lowest BCUT2D eigenvalue weighted by atomic mass is 9.92. The molecule has 1 aliphatic carbocycles. The number of benzene rings is 1. The molecular weight excluding hydrogens is 250 g/mol. The molecule has 1 unspecified atom stereocenters. The number of hydrogen-bond acceptors (Lipinski definition) is 1. The maximum Gasteiger partial charge on any atom is 0.0226 e. The van der Waals surface area contributed by atoms with Gasteiger partial charge in [0.05, 0.1) is 0 Å². The number of rotatable bonds is 2. The van der Waals surface area contributed by atoms with E-state index in [2.05, 4.69) is 46.3 Å². The van der Waals surface area contributed by atoms with Crippen LogP contribution in [0.5, 0.6) is 0 Å². The first kappa shape index (κ1) is 10.9. The fourth-order valence-electron chi connectivity index (χ4n) is 2.09. The molecule has 15 heavy (non-hydrogen) atoms. The molecule has 1 aliphatic rings. The monoisotopic (exact) mass is 265 g/mol. The van der Waals surface area contributed by atoms with Gasteiger partial charge in [0.15, 0.2) is 0 Å². The van der Waals surface area contributed by atoms with Crippen LogP contribution in [0.25, 0.3) is 0 Å². The van der Waals surface area contributed by atoms with Gasteiger partial charge in [-0.3, -0.25) is 0 Å². The summed E-state index contributed by atoms with van der Waals surface area (Å²) in [7, 11) is 0. The van der Waals surface area contributed by atoms with Crippen molar-refractivity contribution in [2.75, 3.05) is 0 Å². The van der Waals surface area contributed by atoms with Gasteiger partial charge < -0.3 is 5.73 Å². The summed E-state index contributed by atoms with van der Waals surface area (Å²) in [5.74, 6) is 0. The standard InChI is InChI=1S/C13H16BrN/c14-12-5-1-3-10(8-12)7-11-4-2-6-13(15)9-11/h1,3,5,8-9,13H,2,4,6-7,15H2. The van der Waals surface area contributed by atoms with E-state index in [0.29, 0.717) is 0 Å². The van der Waals surface area contributed by atoms with Gasteiger partial charge in [0.1, 0.15) is 0 Å². The van der Waals surface area contributed by atoms with E-state index >= 15 is 0 Å². The lowest BCUT2D eigenvalue weighted by molar-refractivity contribution is 0.617. The van der Waals surface area contributed by atoms with E-state index in [9.17, 15) is 0 Å². The number of hydrogen-bond donors (Lipinski definition) is 1. The first-order valence-corrected chi connectivity index (χ1v) is 6.23. The smallest absolute Gasteiger partial charge is 0.0226 e. The zero-order valence-electron chi connectivity index (χ0n) is 8.75. The summed E-state index contributed by atoms with van der Waals surface area (Å²) in [5, 5.41) is 0. The van der Waals surface area contributed by atoms with Gasteiger partial charge in [-0.25, -0.2) is 0 Å². The highest BCUT2D eigenvalue weighted by atomic mass is 79.9. The molecule has 0 spiro atoms. The summed E-state index contributed by atoms with van der Waals surface area (Å²) in [4.78, 5) is 0. The summed E-state index contributed by atoms with van der Waals surface area (Å²) in [6, 6.07) is 8.78. The van der Waals surface area contributed by atoms with Gasteiger partial charge in [-0.05, 0) is 43.4 Å². The second-order valence-corrected chi connectivity index (χ2v) is 5.10. The summed E-state index contributed by atoms with van der Waals surface area (Å²) >= 11 is 3.49. The van der Waals surface area contributed by atoms with E-state index in [1.165, 1.54) is 24.0 Å². The Hall–Kier alpha value is -0.600. The molecular formula is C13H16BrN. The second-order valence-electron chi connectivity index (χ2n) is 4.19. The average Bonchev–Trinajstić information content (AvgIpc) is 2.17. The minimum absolute atomic E-state index is 0.279. The first-order valence-electron chi connectivity index (χ1n) is 5.43. The lowest BCUT2D eigenvalue weighted by Gasteiger charge is -2.17. The third-order valence-electron chi connectivity index (χ3n) is 2.81. The van der Waals surface area contributed by atoms with Crippen molar-refractivity contribution in [2.24, 2.45) is 5.73 Å². The molecule has 0 saturated carbocycles. The molecule has 1 aromatic carbocycles. The van der Waals surface area contributed by atoms with E-state index in [-0.39, 0.29) is 6.04 Å².